The highest BCUT2D eigenvalue weighted by molar-refractivity contribution is 14.0. The minimum absolute atomic E-state index is 0. The molecule has 5 nitrogen and oxygen atoms in total. The van der Waals surface area contributed by atoms with E-state index in [0.717, 1.165) is 58.1 Å². The van der Waals surface area contributed by atoms with Gasteiger partial charge in [-0.3, -0.25) is 4.99 Å². The number of nitrogens with one attached hydrogen (secondary N) is 1. The quantitative estimate of drug-likeness (QED) is 0.269. The van der Waals surface area contributed by atoms with E-state index in [-0.39, 0.29) is 24.0 Å². The predicted molar refractivity (Wildman–Crippen MR) is 118 cm³/mol. The standard InChI is InChI=1S/C20H33N3O2.HI/c1-4-14-24-16-18-9-7-6-8-17(18)15-22-20(21-3)23-12-10-19(11-13-23)25-5-2;/h6-9,19H,4-5,10-16H2,1-3H3,(H,21,22);1H. The summed E-state index contributed by atoms with van der Waals surface area (Å²) in [7, 11) is 1.85. The molecule has 1 aromatic carbocycles. The monoisotopic (exact) mass is 475 g/mol. The van der Waals surface area contributed by atoms with Gasteiger partial charge < -0.3 is 19.7 Å². The number of aliphatic imine (C=N–C) groups is 1. The van der Waals surface area contributed by atoms with Crippen LogP contribution in [-0.4, -0.2) is 50.3 Å². The summed E-state index contributed by atoms with van der Waals surface area (Å²) >= 11 is 0. The zero-order valence-electron chi connectivity index (χ0n) is 16.4. The van der Waals surface area contributed by atoms with Crippen LogP contribution in [-0.2, 0) is 22.6 Å². The van der Waals surface area contributed by atoms with Crippen molar-refractivity contribution in [3.05, 3.63) is 35.4 Å². The molecule has 1 aliphatic heterocycles. The second-order valence-electron chi connectivity index (χ2n) is 6.36. The maximum absolute atomic E-state index is 5.74. The van der Waals surface area contributed by atoms with E-state index < -0.39 is 0 Å². The van der Waals surface area contributed by atoms with Crippen molar-refractivity contribution in [1.82, 2.24) is 10.2 Å². The minimum atomic E-state index is 0. The topological polar surface area (TPSA) is 46.1 Å². The van der Waals surface area contributed by atoms with E-state index in [2.05, 4.69) is 53.3 Å². The molecule has 6 heteroatoms. The van der Waals surface area contributed by atoms with Crippen molar-refractivity contribution >= 4 is 29.9 Å². The molecule has 2 rings (SSSR count). The first-order valence-corrected chi connectivity index (χ1v) is 9.50. The number of ether oxygens (including phenoxy) is 2. The lowest BCUT2D eigenvalue weighted by Crippen LogP contribution is -2.46. The summed E-state index contributed by atoms with van der Waals surface area (Å²) in [6.07, 6.45) is 3.58. The molecule has 1 saturated heterocycles. The van der Waals surface area contributed by atoms with Gasteiger partial charge in [-0.1, -0.05) is 31.2 Å². The molecule has 148 valence electrons. The molecule has 0 unspecified atom stereocenters. The van der Waals surface area contributed by atoms with Gasteiger partial charge in [-0.05, 0) is 37.3 Å². The third-order valence-corrected chi connectivity index (χ3v) is 4.52. The van der Waals surface area contributed by atoms with Crippen LogP contribution >= 0.6 is 24.0 Å². The molecule has 0 aliphatic carbocycles. The van der Waals surface area contributed by atoms with Gasteiger partial charge in [-0.25, -0.2) is 0 Å². The molecular weight excluding hydrogens is 441 g/mol. The fourth-order valence-electron chi connectivity index (χ4n) is 3.17. The van der Waals surface area contributed by atoms with Gasteiger partial charge in [0.25, 0.3) is 0 Å². The SMILES string of the molecule is CCCOCc1ccccc1CNC(=NC)N1CCC(OCC)CC1.I. The van der Waals surface area contributed by atoms with Crippen molar-refractivity contribution in [3.8, 4) is 0 Å². The molecule has 0 atom stereocenters. The highest BCUT2D eigenvalue weighted by Crippen LogP contribution is 2.15. The van der Waals surface area contributed by atoms with Gasteiger partial charge in [-0.2, -0.15) is 0 Å². The van der Waals surface area contributed by atoms with E-state index >= 15 is 0 Å². The van der Waals surface area contributed by atoms with Gasteiger partial charge in [0, 0.05) is 39.9 Å². The Morgan fingerprint density at radius 3 is 2.50 bits per heavy atom. The molecule has 0 saturated carbocycles. The second-order valence-corrected chi connectivity index (χ2v) is 6.36. The molecule has 0 amide bonds. The first-order valence-electron chi connectivity index (χ1n) is 9.50. The molecule has 1 aromatic rings. The van der Waals surface area contributed by atoms with E-state index in [1.807, 2.05) is 7.05 Å². The van der Waals surface area contributed by atoms with Crippen LogP contribution < -0.4 is 5.32 Å². The number of rotatable bonds is 8. The number of benzene rings is 1. The Balaban J connectivity index is 0.00000338. The van der Waals surface area contributed by atoms with Crippen LogP contribution in [0.1, 0.15) is 44.2 Å². The van der Waals surface area contributed by atoms with Crippen LogP contribution in [0.4, 0.5) is 0 Å². The third kappa shape index (κ3) is 7.40. The number of hydrogen-bond donors (Lipinski definition) is 1. The first kappa shape index (κ1) is 23.2. The summed E-state index contributed by atoms with van der Waals surface area (Å²) < 4.78 is 11.4. The van der Waals surface area contributed by atoms with Crippen LogP contribution in [0.2, 0.25) is 0 Å². The van der Waals surface area contributed by atoms with Crippen LogP contribution in [0, 0.1) is 0 Å². The molecule has 0 aromatic heterocycles. The molecule has 1 fully saturated rings. The lowest BCUT2D eigenvalue weighted by atomic mass is 10.1. The highest BCUT2D eigenvalue weighted by atomic mass is 127. The number of piperidine rings is 1. The average Bonchev–Trinajstić information content (AvgIpc) is 2.65. The third-order valence-electron chi connectivity index (χ3n) is 4.52. The highest BCUT2D eigenvalue weighted by Gasteiger charge is 2.21. The summed E-state index contributed by atoms with van der Waals surface area (Å²) in [5.41, 5.74) is 2.51. The fourth-order valence-corrected chi connectivity index (χ4v) is 3.17. The van der Waals surface area contributed by atoms with Gasteiger partial charge in [0.1, 0.15) is 0 Å². The van der Waals surface area contributed by atoms with Crippen LogP contribution in [0.5, 0.6) is 0 Å². The molecule has 0 radical (unpaired) electrons. The Bertz CT molecular complexity index is 532. The zero-order chi connectivity index (χ0) is 17.9. The Kier molecular flexibility index (Phi) is 11.9. The maximum atomic E-state index is 5.74. The van der Waals surface area contributed by atoms with Crippen molar-refractivity contribution in [2.24, 2.45) is 4.99 Å². The molecule has 1 heterocycles. The van der Waals surface area contributed by atoms with E-state index in [1.165, 1.54) is 11.1 Å². The average molecular weight is 475 g/mol. The van der Waals surface area contributed by atoms with Gasteiger partial charge in [0.2, 0.25) is 0 Å². The number of guanidine groups is 1. The van der Waals surface area contributed by atoms with E-state index in [1.54, 1.807) is 0 Å². The lowest BCUT2D eigenvalue weighted by molar-refractivity contribution is 0.0263. The number of halogens is 1. The Morgan fingerprint density at radius 2 is 1.88 bits per heavy atom. The summed E-state index contributed by atoms with van der Waals surface area (Å²) in [5.74, 6) is 0.972. The van der Waals surface area contributed by atoms with Crippen LogP contribution in [0.15, 0.2) is 29.3 Å². The number of likely N-dealkylation sites (tertiary alicyclic amines) is 1. The smallest absolute Gasteiger partial charge is 0.193 e. The van der Waals surface area contributed by atoms with Crippen molar-refractivity contribution in [2.45, 2.75) is 52.4 Å². The maximum Gasteiger partial charge on any atom is 0.193 e. The Hall–Kier alpha value is -0.860. The van der Waals surface area contributed by atoms with Gasteiger partial charge >= 0.3 is 0 Å². The summed E-state index contributed by atoms with van der Waals surface area (Å²) in [5, 5.41) is 3.51. The molecule has 0 bridgehead atoms. The normalized spacial score (nSPS) is 15.7. The van der Waals surface area contributed by atoms with Crippen molar-refractivity contribution in [2.75, 3.05) is 33.4 Å². The Morgan fingerprint density at radius 1 is 1.19 bits per heavy atom. The van der Waals surface area contributed by atoms with Gasteiger partial charge in [-0.15, -0.1) is 24.0 Å². The molecular formula is C20H34IN3O2. The van der Waals surface area contributed by atoms with E-state index in [0.29, 0.717) is 12.7 Å². The number of hydrogen-bond acceptors (Lipinski definition) is 3. The van der Waals surface area contributed by atoms with E-state index in [9.17, 15) is 0 Å². The molecule has 26 heavy (non-hydrogen) atoms. The fraction of sp³-hybridized carbons (Fsp3) is 0.650. The van der Waals surface area contributed by atoms with Crippen molar-refractivity contribution in [3.63, 3.8) is 0 Å². The first-order chi connectivity index (χ1) is 12.3. The van der Waals surface area contributed by atoms with Crippen LogP contribution in [0.25, 0.3) is 0 Å². The summed E-state index contributed by atoms with van der Waals surface area (Å²) in [6, 6.07) is 8.45. The van der Waals surface area contributed by atoms with Gasteiger partial charge in [0.15, 0.2) is 5.96 Å². The second kappa shape index (κ2) is 13.3. The predicted octanol–water partition coefficient (Wildman–Crippen LogP) is 3.81. The molecule has 1 N–H and O–H groups in total. The number of nitrogens with zero attached hydrogens (tertiary/aromatic N) is 2. The Labute approximate surface area is 175 Å². The largest absolute Gasteiger partial charge is 0.378 e. The van der Waals surface area contributed by atoms with Gasteiger partial charge in [0.05, 0.1) is 12.7 Å². The molecule has 1 aliphatic rings. The molecule has 0 spiro atoms. The lowest BCUT2D eigenvalue weighted by Gasteiger charge is -2.34. The van der Waals surface area contributed by atoms with Crippen molar-refractivity contribution < 1.29 is 9.47 Å². The zero-order valence-corrected chi connectivity index (χ0v) is 18.7. The summed E-state index contributed by atoms with van der Waals surface area (Å²) in [6.45, 7) is 9.22. The van der Waals surface area contributed by atoms with E-state index in [4.69, 9.17) is 9.47 Å². The minimum Gasteiger partial charge on any atom is -0.378 e. The van der Waals surface area contributed by atoms with Crippen molar-refractivity contribution in [1.29, 1.82) is 0 Å². The summed E-state index contributed by atoms with van der Waals surface area (Å²) in [4.78, 5) is 6.79. The van der Waals surface area contributed by atoms with Crippen LogP contribution in [0.3, 0.4) is 0 Å².